The van der Waals surface area contributed by atoms with E-state index in [1.807, 2.05) is 13.8 Å². The third-order valence-corrected chi connectivity index (χ3v) is 7.53. The van der Waals surface area contributed by atoms with Crippen molar-refractivity contribution in [3.05, 3.63) is 12.2 Å². The molecule has 1 aliphatic carbocycles. The topological polar surface area (TPSA) is 57.1 Å². The Morgan fingerprint density at radius 3 is 2.96 bits per heavy atom. The number of halogens is 1. The zero-order chi connectivity index (χ0) is 19.7. The summed E-state index contributed by atoms with van der Waals surface area (Å²) in [5.74, 6) is 1.71. The van der Waals surface area contributed by atoms with Crippen molar-refractivity contribution in [2.75, 3.05) is 19.7 Å². The van der Waals surface area contributed by atoms with Crippen LogP contribution in [0, 0.1) is 29.6 Å². The average Bonchev–Trinajstić information content (AvgIpc) is 3.13. The van der Waals surface area contributed by atoms with Crippen molar-refractivity contribution in [1.29, 1.82) is 0 Å². The first kappa shape index (κ1) is 20.5. The number of nitrogens with one attached hydrogen (secondary N) is 1. The second-order valence-corrected chi connectivity index (χ2v) is 9.19. The second kappa shape index (κ2) is 8.90. The summed E-state index contributed by atoms with van der Waals surface area (Å²) in [5.41, 5.74) is 3.47. The molecule has 4 rings (SSSR count). The number of piperidine rings is 1. The minimum absolute atomic E-state index is 0.0828. The third-order valence-electron chi connectivity index (χ3n) is 7.53. The van der Waals surface area contributed by atoms with Crippen molar-refractivity contribution in [3.8, 4) is 0 Å². The van der Waals surface area contributed by atoms with E-state index in [2.05, 4.69) is 22.7 Å². The molecular weight excluding hydrogens is 357 g/mol. The number of aliphatic imine (C=N–C) groups is 1. The van der Waals surface area contributed by atoms with Crippen molar-refractivity contribution < 1.29 is 14.2 Å². The molecule has 0 amide bonds. The van der Waals surface area contributed by atoms with Crippen molar-refractivity contribution in [2.45, 2.75) is 70.5 Å². The van der Waals surface area contributed by atoms with Gasteiger partial charge in [-0.2, -0.15) is 0 Å². The van der Waals surface area contributed by atoms with E-state index in [-0.39, 0.29) is 17.9 Å². The van der Waals surface area contributed by atoms with Crippen LogP contribution >= 0.6 is 0 Å². The van der Waals surface area contributed by atoms with Gasteiger partial charge in [0.1, 0.15) is 6.17 Å². The van der Waals surface area contributed by atoms with Crippen LogP contribution in [-0.2, 0) is 4.74 Å². The molecule has 4 aliphatic rings. The fourth-order valence-electron chi connectivity index (χ4n) is 5.98. The number of ether oxygens (including phenoxy) is 1. The minimum Gasteiger partial charge on any atom is -0.368 e. The van der Waals surface area contributed by atoms with Gasteiger partial charge in [0, 0.05) is 31.7 Å². The maximum absolute atomic E-state index is 13.9. The molecule has 0 aromatic carbocycles. The lowest BCUT2D eigenvalue weighted by Crippen LogP contribution is -2.49. The second-order valence-electron chi connectivity index (χ2n) is 9.19. The van der Waals surface area contributed by atoms with Crippen molar-refractivity contribution in [3.63, 3.8) is 0 Å². The molecule has 3 aliphatic heterocycles. The number of hydrazine groups is 1. The number of allylic oxidation sites excluding steroid dienone is 1. The number of rotatable bonds is 5. The van der Waals surface area contributed by atoms with Gasteiger partial charge in [-0.05, 0) is 68.9 Å². The van der Waals surface area contributed by atoms with Crippen LogP contribution in [0.25, 0.3) is 0 Å². The predicted molar refractivity (Wildman–Crippen MR) is 109 cm³/mol. The molecule has 0 spiro atoms. The molecule has 0 bridgehead atoms. The van der Waals surface area contributed by atoms with Crippen molar-refractivity contribution in [1.82, 2.24) is 10.4 Å². The summed E-state index contributed by atoms with van der Waals surface area (Å²) in [6.45, 7) is 6.28. The molecular formula is C22H36FN3O2. The number of aliphatic hydroxyl groups is 1. The number of alkyl halides is 1. The smallest absolute Gasteiger partial charge is 0.160 e. The molecule has 6 heteroatoms. The molecule has 2 saturated heterocycles. The van der Waals surface area contributed by atoms with Gasteiger partial charge in [0.2, 0.25) is 0 Å². The lowest BCUT2D eigenvalue weighted by Gasteiger charge is -2.44. The molecule has 3 heterocycles. The summed E-state index contributed by atoms with van der Waals surface area (Å²) in [6, 6.07) is 0.601. The SMILES string of the molecule is CCOC(O)C1CNN2CCC(C3CCC=NC3C3C=CC(F)C(C)C3)CC12. The summed E-state index contributed by atoms with van der Waals surface area (Å²) >= 11 is 0. The fourth-order valence-corrected chi connectivity index (χ4v) is 5.98. The van der Waals surface area contributed by atoms with Crippen molar-refractivity contribution in [2.24, 2.45) is 34.6 Å². The van der Waals surface area contributed by atoms with Gasteiger partial charge in [0.05, 0.1) is 6.04 Å². The lowest BCUT2D eigenvalue weighted by molar-refractivity contribution is -0.137. The number of aliphatic hydroxyl groups excluding tert-OH is 1. The highest BCUT2D eigenvalue weighted by molar-refractivity contribution is 5.58. The van der Waals surface area contributed by atoms with E-state index in [0.29, 0.717) is 30.4 Å². The van der Waals surface area contributed by atoms with Crippen LogP contribution in [0.5, 0.6) is 0 Å². The van der Waals surface area contributed by atoms with E-state index >= 15 is 0 Å². The van der Waals surface area contributed by atoms with Crippen LogP contribution in [0.1, 0.15) is 46.0 Å². The third kappa shape index (κ3) is 4.07. The Balaban J connectivity index is 1.46. The molecule has 0 aromatic heterocycles. The lowest BCUT2D eigenvalue weighted by atomic mass is 9.68. The Hall–Kier alpha value is -0.820. The van der Waals surface area contributed by atoms with Gasteiger partial charge in [0.25, 0.3) is 0 Å². The van der Waals surface area contributed by atoms with Crippen LogP contribution in [-0.4, -0.2) is 60.6 Å². The number of fused-ring (bicyclic) bond motifs is 1. The van der Waals surface area contributed by atoms with Crippen molar-refractivity contribution >= 4 is 6.21 Å². The highest BCUT2D eigenvalue weighted by Gasteiger charge is 2.46. The van der Waals surface area contributed by atoms with E-state index in [9.17, 15) is 9.50 Å². The first-order valence-electron chi connectivity index (χ1n) is 11.2. The molecule has 158 valence electrons. The summed E-state index contributed by atoms with van der Waals surface area (Å²) in [5, 5.41) is 12.8. The molecule has 2 fully saturated rings. The molecule has 0 aromatic rings. The maximum atomic E-state index is 13.9. The molecule has 28 heavy (non-hydrogen) atoms. The Morgan fingerprint density at radius 2 is 2.18 bits per heavy atom. The van der Waals surface area contributed by atoms with Crippen LogP contribution < -0.4 is 5.43 Å². The highest BCUT2D eigenvalue weighted by atomic mass is 19.1. The molecule has 9 unspecified atom stereocenters. The monoisotopic (exact) mass is 393 g/mol. The molecule has 5 nitrogen and oxygen atoms in total. The zero-order valence-electron chi connectivity index (χ0n) is 17.2. The Labute approximate surface area is 168 Å². The molecule has 9 atom stereocenters. The largest absolute Gasteiger partial charge is 0.368 e. The number of hydrogen-bond acceptors (Lipinski definition) is 5. The van der Waals surface area contributed by atoms with Gasteiger partial charge in [-0.3, -0.25) is 10.4 Å². The van der Waals surface area contributed by atoms with E-state index in [4.69, 9.17) is 9.73 Å². The van der Waals surface area contributed by atoms with Crippen LogP contribution in [0.4, 0.5) is 4.39 Å². The van der Waals surface area contributed by atoms with E-state index in [0.717, 1.165) is 38.8 Å². The molecule has 0 saturated carbocycles. The van der Waals surface area contributed by atoms with Gasteiger partial charge in [-0.15, -0.1) is 0 Å². The van der Waals surface area contributed by atoms with Gasteiger partial charge in [0.15, 0.2) is 6.29 Å². The fraction of sp³-hybridized carbons (Fsp3) is 0.864. The predicted octanol–water partition coefficient (Wildman–Crippen LogP) is 2.96. The molecule has 0 radical (unpaired) electrons. The minimum atomic E-state index is -0.809. The summed E-state index contributed by atoms with van der Waals surface area (Å²) in [7, 11) is 0. The normalized spacial score (nSPS) is 45.1. The Bertz CT molecular complexity index is 586. The standard InChI is InChI=1S/C22H36FN3O2/c1-3-28-22(27)18-13-25-26-10-8-15(12-20(18)26)17-5-4-9-24-21(17)16-6-7-19(23)14(2)11-16/h6-7,9,14-22,25,27H,3-5,8,10-13H2,1-2H3. The zero-order valence-corrected chi connectivity index (χ0v) is 17.2. The first-order valence-corrected chi connectivity index (χ1v) is 11.2. The van der Waals surface area contributed by atoms with Gasteiger partial charge < -0.3 is 9.84 Å². The Kier molecular flexibility index (Phi) is 6.50. The van der Waals surface area contributed by atoms with Gasteiger partial charge in [-0.25, -0.2) is 9.40 Å². The first-order chi connectivity index (χ1) is 13.6. The summed E-state index contributed by atoms with van der Waals surface area (Å²) < 4.78 is 19.4. The van der Waals surface area contributed by atoms with E-state index < -0.39 is 12.5 Å². The molecule has 2 N–H and O–H groups in total. The van der Waals surface area contributed by atoms with Crippen LogP contribution in [0.3, 0.4) is 0 Å². The van der Waals surface area contributed by atoms with Crippen LogP contribution in [0.15, 0.2) is 17.1 Å². The Morgan fingerprint density at radius 1 is 1.32 bits per heavy atom. The number of nitrogens with zero attached hydrogens (tertiary/aromatic N) is 2. The highest BCUT2D eigenvalue weighted by Crippen LogP contribution is 2.43. The summed E-state index contributed by atoms with van der Waals surface area (Å²) in [6.07, 6.45) is 9.80. The van der Waals surface area contributed by atoms with E-state index in [1.54, 1.807) is 6.08 Å². The van der Waals surface area contributed by atoms with Gasteiger partial charge in [-0.1, -0.05) is 19.1 Å². The van der Waals surface area contributed by atoms with E-state index in [1.165, 1.54) is 6.42 Å². The average molecular weight is 394 g/mol. The maximum Gasteiger partial charge on any atom is 0.160 e. The van der Waals surface area contributed by atoms with Gasteiger partial charge >= 0.3 is 0 Å². The van der Waals surface area contributed by atoms with Crippen LogP contribution in [0.2, 0.25) is 0 Å². The summed E-state index contributed by atoms with van der Waals surface area (Å²) in [4.78, 5) is 4.94. The quantitative estimate of drug-likeness (QED) is 0.557. The number of hydrogen-bond donors (Lipinski definition) is 2.